The molecule has 0 aromatic carbocycles. The van der Waals surface area contributed by atoms with E-state index in [1.54, 1.807) is 6.20 Å². The van der Waals surface area contributed by atoms with Crippen molar-refractivity contribution in [2.45, 2.75) is 38.6 Å². The summed E-state index contributed by atoms with van der Waals surface area (Å²) in [5, 5.41) is 2.84. The zero-order valence-corrected chi connectivity index (χ0v) is 9.16. The molecule has 1 aliphatic rings. The quantitative estimate of drug-likeness (QED) is 0.819. The van der Waals surface area contributed by atoms with Gasteiger partial charge in [0.1, 0.15) is 0 Å². The van der Waals surface area contributed by atoms with Crippen LogP contribution in [-0.2, 0) is 0 Å². The second-order valence-corrected chi connectivity index (χ2v) is 4.37. The molecule has 1 aromatic rings. The number of nitrogens with zero attached hydrogens (tertiary/aromatic N) is 1. The molecule has 0 saturated heterocycles. The van der Waals surface area contributed by atoms with Crippen LogP contribution >= 0.6 is 0 Å². The third-order valence-corrected chi connectivity index (χ3v) is 2.46. The van der Waals surface area contributed by atoms with Crippen molar-refractivity contribution in [3.8, 4) is 0 Å². The molecule has 0 atom stereocenters. The molecule has 3 heteroatoms. The van der Waals surface area contributed by atoms with Gasteiger partial charge in [-0.1, -0.05) is 0 Å². The molecule has 80 valence electrons. The SMILES string of the molecule is CC(C)NC(=O)c1ccc(C2CC2)nc1. The van der Waals surface area contributed by atoms with E-state index in [1.165, 1.54) is 12.8 Å². The summed E-state index contributed by atoms with van der Waals surface area (Å²) in [5.41, 5.74) is 1.77. The number of rotatable bonds is 3. The van der Waals surface area contributed by atoms with Gasteiger partial charge in [-0.15, -0.1) is 0 Å². The number of aromatic nitrogens is 1. The van der Waals surface area contributed by atoms with Gasteiger partial charge in [-0.3, -0.25) is 9.78 Å². The van der Waals surface area contributed by atoms with Crippen molar-refractivity contribution in [1.82, 2.24) is 10.3 Å². The third kappa shape index (κ3) is 2.55. The maximum atomic E-state index is 11.6. The van der Waals surface area contributed by atoms with Crippen LogP contribution in [0, 0.1) is 0 Å². The molecule has 0 bridgehead atoms. The Balaban J connectivity index is 2.05. The molecule has 0 aliphatic heterocycles. The van der Waals surface area contributed by atoms with Gasteiger partial charge in [0, 0.05) is 23.9 Å². The summed E-state index contributed by atoms with van der Waals surface area (Å²) in [6.07, 6.45) is 4.15. The Labute approximate surface area is 89.9 Å². The minimum absolute atomic E-state index is 0.0418. The second kappa shape index (κ2) is 4.01. The first kappa shape index (κ1) is 10.1. The lowest BCUT2D eigenvalue weighted by Crippen LogP contribution is -2.30. The van der Waals surface area contributed by atoms with Crippen molar-refractivity contribution < 1.29 is 4.79 Å². The van der Waals surface area contributed by atoms with Crippen molar-refractivity contribution in [3.05, 3.63) is 29.6 Å². The monoisotopic (exact) mass is 204 g/mol. The zero-order chi connectivity index (χ0) is 10.8. The summed E-state index contributed by atoms with van der Waals surface area (Å²) in [7, 11) is 0. The number of hydrogen-bond donors (Lipinski definition) is 1. The van der Waals surface area contributed by atoms with Crippen LogP contribution in [0.25, 0.3) is 0 Å². The van der Waals surface area contributed by atoms with Crippen LogP contribution in [0.4, 0.5) is 0 Å². The van der Waals surface area contributed by atoms with E-state index in [9.17, 15) is 4.79 Å². The van der Waals surface area contributed by atoms with Crippen molar-refractivity contribution in [2.24, 2.45) is 0 Å². The molecule has 0 radical (unpaired) electrons. The first-order valence-corrected chi connectivity index (χ1v) is 5.43. The Morgan fingerprint density at radius 3 is 2.67 bits per heavy atom. The highest BCUT2D eigenvalue weighted by Gasteiger charge is 2.24. The van der Waals surface area contributed by atoms with E-state index < -0.39 is 0 Å². The minimum atomic E-state index is -0.0418. The number of carbonyl (C=O) groups excluding carboxylic acids is 1. The normalized spacial score (nSPS) is 15.4. The van der Waals surface area contributed by atoms with Crippen molar-refractivity contribution in [2.75, 3.05) is 0 Å². The summed E-state index contributed by atoms with van der Waals surface area (Å²) in [6.45, 7) is 3.90. The number of pyridine rings is 1. The van der Waals surface area contributed by atoms with E-state index in [-0.39, 0.29) is 11.9 Å². The Kier molecular flexibility index (Phi) is 2.71. The molecule has 1 N–H and O–H groups in total. The molecule has 3 nitrogen and oxygen atoms in total. The zero-order valence-electron chi connectivity index (χ0n) is 9.16. The molecule has 1 heterocycles. The molecular weight excluding hydrogens is 188 g/mol. The fraction of sp³-hybridized carbons (Fsp3) is 0.500. The molecule has 1 amide bonds. The van der Waals surface area contributed by atoms with E-state index in [0.29, 0.717) is 11.5 Å². The van der Waals surface area contributed by atoms with Crippen molar-refractivity contribution in [1.29, 1.82) is 0 Å². The lowest BCUT2D eigenvalue weighted by molar-refractivity contribution is 0.0942. The van der Waals surface area contributed by atoms with Gasteiger partial charge in [-0.05, 0) is 38.8 Å². The number of carbonyl (C=O) groups is 1. The average Bonchev–Trinajstić information content (AvgIpc) is 3.00. The van der Waals surface area contributed by atoms with E-state index in [4.69, 9.17) is 0 Å². The van der Waals surface area contributed by atoms with Gasteiger partial charge in [-0.2, -0.15) is 0 Å². The largest absolute Gasteiger partial charge is 0.350 e. The predicted molar refractivity (Wildman–Crippen MR) is 58.8 cm³/mol. The van der Waals surface area contributed by atoms with Gasteiger partial charge in [0.15, 0.2) is 0 Å². The summed E-state index contributed by atoms with van der Waals surface area (Å²) in [6, 6.07) is 3.99. The second-order valence-electron chi connectivity index (χ2n) is 4.37. The molecule has 15 heavy (non-hydrogen) atoms. The number of amides is 1. The Hall–Kier alpha value is -1.38. The number of hydrogen-bond acceptors (Lipinski definition) is 2. The van der Waals surface area contributed by atoms with Crippen LogP contribution in [0.2, 0.25) is 0 Å². The van der Waals surface area contributed by atoms with E-state index >= 15 is 0 Å². The van der Waals surface area contributed by atoms with Crippen molar-refractivity contribution >= 4 is 5.91 Å². The highest BCUT2D eigenvalue weighted by Crippen LogP contribution is 2.38. The smallest absolute Gasteiger partial charge is 0.253 e. The van der Waals surface area contributed by atoms with Gasteiger partial charge in [0.2, 0.25) is 0 Å². The maximum Gasteiger partial charge on any atom is 0.253 e. The molecular formula is C12H16N2O. The van der Waals surface area contributed by atoms with Gasteiger partial charge >= 0.3 is 0 Å². The average molecular weight is 204 g/mol. The summed E-state index contributed by atoms with van der Waals surface area (Å²) in [5.74, 6) is 0.604. The Bertz CT molecular complexity index is 352. The molecule has 0 spiro atoms. The van der Waals surface area contributed by atoms with E-state index in [1.807, 2.05) is 26.0 Å². The van der Waals surface area contributed by atoms with Crippen LogP contribution in [0.5, 0.6) is 0 Å². The van der Waals surface area contributed by atoms with Crippen LogP contribution in [0.1, 0.15) is 48.7 Å². The van der Waals surface area contributed by atoms with Crippen LogP contribution in [-0.4, -0.2) is 16.9 Å². The lowest BCUT2D eigenvalue weighted by atomic mass is 10.2. The fourth-order valence-corrected chi connectivity index (χ4v) is 1.51. The third-order valence-electron chi connectivity index (χ3n) is 2.46. The van der Waals surface area contributed by atoms with E-state index in [2.05, 4.69) is 10.3 Å². The van der Waals surface area contributed by atoms with Gasteiger partial charge in [0.05, 0.1) is 5.56 Å². The first-order valence-electron chi connectivity index (χ1n) is 5.43. The summed E-state index contributed by atoms with van der Waals surface area (Å²) in [4.78, 5) is 15.9. The molecule has 1 aliphatic carbocycles. The van der Waals surface area contributed by atoms with Gasteiger partial charge in [0.25, 0.3) is 5.91 Å². The van der Waals surface area contributed by atoms with Gasteiger partial charge in [-0.25, -0.2) is 0 Å². The lowest BCUT2D eigenvalue weighted by Gasteiger charge is -2.08. The predicted octanol–water partition coefficient (Wildman–Crippen LogP) is 2.10. The summed E-state index contributed by atoms with van der Waals surface area (Å²) < 4.78 is 0. The number of nitrogens with one attached hydrogen (secondary N) is 1. The molecule has 1 aromatic heterocycles. The summed E-state index contributed by atoms with van der Waals surface area (Å²) >= 11 is 0. The van der Waals surface area contributed by atoms with Gasteiger partial charge < -0.3 is 5.32 Å². The molecule has 0 unspecified atom stereocenters. The first-order chi connectivity index (χ1) is 7.16. The minimum Gasteiger partial charge on any atom is -0.350 e. The van der Waals surface area contributed by atoms with Crippen LogP contribution < -0.4 is 5.32 Å². The molecule has 1 saturated carbocycles. The highest BCUT2D eigenvalue weighted by atomic mass is 16.1. The topological polar surface area (TPSA) is 42.0 Å². The van der Waals surface area contributed by atoms with Crippen LogP contribution in [0.15, 0.2) is 18.3 Å². The maximum absolute atomic E-state index is 11.6. The van der Waals surface area contributed by atoms with Crippen LogP contribution in [0.3, 0.4) is 0 Å². The van der Waals surface area contributed by atoms with Crippen molar-refractivity contribution in [3.63, 3.8) is 0 Å². The Morgan fingerprint density at radius 1 is 1.47 bits per heavy atom. The Morgan fingerprint density at radius 2 is 2.20 bits per heavy atom. The highest BCUT2D eigenvalue weighted by molar-refractivity contribution is 5.94. The molecule has 1 fully saturated rings. The fourth-order valence-electron chi connectivity index (χ4n) is 1.51. The van der Waals surface area contributed by atoms with E-state index in [0.717, 1.165) is 5.69 Å². The molecule has 2 rings (SSSR count). The standard InChI is InChI=1S/C12H16N2O/c1-8(2)14-12(15)10-5-6-11(13-7-10)9-3-4-9/h5-9H,3-4H2,1-2H3,(H,14,15).